The summed E-state index contributed by atoms with van der Waals surface area (Å²) in [7, 11) is 0. The van der Waals surface area contributed by atoms with Crippen molar-refractivity contribution in [3.05, 3.63) is 77.6 Å². The Bertz CT molecular complexity index is 1080. The minimum Gasteiger partial charge on any atom is -0.506 e. The molecule has 0 aliphatic heterocycles. The molecule has 0 saturated heterocycles. The predicted octanol–water partition coefficient (Wildman–Crippen LogP) is 4.62. The average molecular weight is 377 g/mol. The molecule has 4 N–H and O–H groups in total. The van der Waals surface area contributed by atoms with E-state index in [-0.39, 0.29) is 5.75 Å². The topological polar surface area (TPSA) is 87.8 Å². The van der Waals surface area contributed by atoms with E-state index in [9.17, 15) is 5.11 Å². The number of aromatic nitrogens is 3. The Kier molecular flexibility index (Phi) is 4.62. The quantitative estimate of drug-likeness (QED) is 0.484. The van der Waals surface area contributed by atoms with E-state index >= 15 is 0 Å². The predicted molar refractivity (Wildman–Crippen MR) is 107 cm³/mol. The number of phenols is 1. The molecule has 2 aromatic carbocycles. The Morgan fingerprint density at radius 3 is 2.30 bits per heavy atom. The third-order valence-electron chi connectivity index (χ3n) is 4.36. The van der Waals surface area contributed by atoms with E-state index < -0.39 is 0 Å². The largest absolute Gasteiger partial charge is 0.506 e. The summed E-state index contributed by atoms with van der Waals surface area (Å²) in [6.07, 6.45) is 3.46. The second kappa shape index (κ2) is 7.23. The van der Waals surface area contributed by atoms with Crippen LogP contribution in [0, 0.1) is 0 Å². The van der Waals surface area contributed by atoms with Gasteiger partial charge in [-0.05, 0) is 29.8 Å². The molecule has 0 unspecified atom stereocenters. The fourth-order valence-electron chi connectivity index (χ4n) is 2.90. The van der Waals surface area contributed by atoms with Crippen LogP contribution in [0.3, 0.4) is 0 Å². The van der Waals surface area contributed by atoms with Gasteiger partial charge in [-0.25, -0.2) is 4.98 Å². The van der Waals surface area contributed by atoms with E-state index in [1.807, 2.05) is 42.5 Å². The first-order chi connectivity index (χ1) is 13.2. The Morgan fingerprint density at radius 1 is 0.926 bits per heavy atom. The summed E-state index contributed by atoms with van der Waals surface area (Å²) in [6, 6.07) is 16.9. The van der Waals surface area contributed by atoms with Gasteiger partial charge in [-0.3, -0.25) is 4.98 Å². The van der Waals surface area contributed by atoms with Crippen molar-refractivity contribution < 1.29 is 5.11 Å². The van der Waals surface area contributed by atoms with E-state index in [2.05, 4.69) is 9.97 Å². The van der Waals surface area contributed by atoms with Gasteiger partial charge in [0, 0.05) is 35.6 Å². The Morgan fingerprint density at radius 2 is 1.63 bits per heavy atom. The summed E-state index contributed by atoms with van der Waals surface area (Å²) in [6.45, 7) is 0.496. The van der Waals surface area contributed by atoms with Crippen molar-refractivity contribution in [3.8, 4) is 39.7 Å². The zero-order chi connectivity index (χ0) is 18.8. The van der Waals surface area contributed by atoms with Gasteiger partial charge in [-0.15, -0.1) is 0 Å². The number of phenolic OH excluding ortho intramolecular Hbond substituents is 1. The zero-order valence-corrected chi connectivity index (χ0v) is 15.1. The van der Waals surface area contributed by atoms with Gasteiger partial charge in [0.15, 0.2) is 0 Å². The first kappa shape index (κ1) is 17.3. The van der Waals surface area contributed by atoms with Crippen molar-refractivity contribution in [1.29, 1.82) is 0 Å². The van der Waals surface area contributed by atoms with Crippen LogP contribution in [0.15, 0.2) is 67.0 Å². The minimum atomic E-state index is 0.0201. The van der Waals surface area contributed by atoms with Crippen LogP contribution in [0.5, 0.6) is 5.75 Å². The van der Waals surface area contributed by atoms with Gasteiger partial charge in [-0.1, -0.05) is 41.9 Å². The molecule has 5 nitrogen and oxygen atoms in total. The molecule has 134 valence electrons. The van der Waals surface area contributed by atoms with Crippen LogP contribution in [-0.4, -0.2) is 20.1 Å². The van der Waals surface area contributed by atoms with Gasteiger partial charge < -0.3 is 15.8 Å². The highest BCUT2D eigenvalue weighted by molar-refractivity contribution is 6.32. The van der Waals surface area contributed by atoms with Crippen LogP contribution < -0.4 is 5.73 Å². The Balaban J connectivity index is 1.87. The number of aromatic amines is 1. The second-order valence-electron chi connectivity index (χ2n) is 6.11. The van der Waals surface area contributed by atoms with Gasteiger partial charge in [-0.2, -0.15) is 0 Å². The number of pyridine rings is 1. The molecule has 0 saturated carbocycles. The number of nitrogens with one attached hydrogen (secondary N) is 1. The number of hydrogen-bond donors (Lipinski definition) is 3. The molecule has 0 aliphatic carbocycles. The van der Waals surface area contributed by atoms with E-state index in [1.165, 1.54) is 0 Å². The Hall–Kier alpha value is -3.15. The maximum absolute atomic E-state index is 10.0. The number of hydrogen-bond acceptors (Lipinski definition) is 4. The van der Waals surface area contributed by atoms with Gasteiger partial charge >= 0.3 is 0 Å². The Labute approximate surface area is 161 Å². The smallest absolute Gasteiger partial charge is 0.138 e. The normalized spacial score (nSPS) is 10.9. The van der Waals surface area contributed by atoms with Gasteiger partial charge in [0.1, 0.15) is 11.6 Å². The van der Waals surface area contributed by atoms with Crippen molar-refractivity contribution in [2.75, 3.05) is 0 Å². The summed E-state index contributed by atoms with van der Waals surface area (Å²) in [5.74, 6) is 0.751. The lowest BCUT2D eigenvalue weighted by Crippen LogP contribution is -1.95. The number of H-pyrrole nitrogens is 1. The number of nitrogens with two attached hydrogens (primary N) is 1. The van der Waals surface area contributed by atoms with Gasteiger partial charge in [0.2, 0.25) is 0 Å². The number of aromatic hydroxyl groups is 1. The van der Waals surface area contributed by atoms with Crippen LogP contribution >= 0.6 is 11.6 Å². The molecule has 0 bridgehead atoms. The van der Waals surface area contributed by atoms with E-state index in [0.717, 1.165) is 39.5 Å². The first-order valence-electron chi connectivity index (χ1n) is 8.44. The molecule has 27 heavy (non-hydrogen) atoms. The molecule has 0 fully saturated rings. The molecule has 0 amide bonds. The molecule has 2 aromatic heterocycles. The van der Waals surface area contributed by atoms with Gasteiger partial charge in [0.25, 0.3) is 0 Å². The second-order valence-corrected chi connectivity index (χ2v) is 6.52. The van der Waals surface area contributed by atoms with Crippen LogP contribution in [0.2, 0.25) is 5.02 Å². The lowest BCUT2D eigenvalue weighted by atomic mass is 10.1. The van der Waals surface area contributed by atoms with Crippen molar-refractivity contribution in [1.82, 2.24) is 15.0 Å². The van der Waals surface area contributed by atoms with Crippen molar-refractivity contribution in [3.63, 3.8) is 0 Å². The molecule has 0 aliphatic rings. The lowest BCUT2D eigenvalue weighted by molar-refractivity contribution is 0.476. The number of benzene rings is 2. The highest BCUT2D eigenvalue weighted by Crippen LogP contribution is 2.36. The van der Waals surface area contributed by atoms with Crippen LogP contribution in [0.1, 0.15) is 5.56 Å². The fraction of sp³-hybridized carbons (Fsp3) is 0.0476. The molecular formula is C21H17ClN4O. The fourth-order valence-corrected chi connectivity index (χ4v) is 3.02. The number of halogens is 1. The first-order valence-corrected chi connectivity index (χ1v) is 8.82. The van der Waals surface area contributed by atoms with E-state index in [4.69, 9.17) is 22.3 Å². The molecule has 0 radical (unpaired) electrons. The molecule has 6 heteroatoms. The minimum absolute atomic E-state index is 0.0201. The summed E-state index contributed by atoms with van der Waals surface area (Å²) in [4.78, 5) is 12.3. The summed E-state index contributed by atoms with van der Waals surface area (Å²) in [5, 5.41) is 10.3. The summed E-state index contributed by atoms with van der Waals surface area (Å²) in [5.41, 5.74) is 11.0. The summed E-state index contributed by atoms with van der Waals surface area (Å²) < 4.78 is 0. The van der Waals surface area contributed by atoms with Gasteiger partial charge in [0.05, 0.1) is 16.4 Å². The van der Waals surface area contributed by atoms with Crippen LogP contribution in [-0.2, 0) is 6.54 Å². The van der Waals surface area contributed by atoms with Crippen molar-refractivity contribution in [2.24, 2.45) is 5.73 Å². The maximum Gasteiger partial charge on any atom is 0.138 e. The summed E-state index contributed by atoms with van der Waals surface area (Å²) >= 11 is 5.96. The highest BCUT2D eigenvalue weighted by Gasteiger charge is 2.16. The highest BCUT2D eigenvalue weighted by atomic mass is 35.5. The monoisotopic (exact) mass is 376 g/mol. The molecule has 0 atom stereocenters. The molecular weight excluding hydrogens is 360 g/mol. The van der Waals surface area contributed by atoms with E-state index in [0.29, 0.717) is 11.6 Å². The zero-order valence-electron chi connectivity index (χ0n) is 14.4. The third kappa shape index (κ3) is 3.43. The maximum atomic E-state index is 10.0. The molecule has 0 spiro atoms. The lowest BCUT2D eigenvalue weighted by Gasteiger charge is -2.04. The van der Waals surface area contributed by atoms with E-state index in [1.54, 1.807) is 24.5 Å². The SMILES string of the molecule is NCc1ccc(-c2nc(-c3ccc(Cl)c(O)c3)c(-c3ccncc3)[nH]2)cc1. The number of imidazole rings is 1. The number of rotatable bonds is 4. The average Bonchev–Trinajstić information content (AvgIpc) is 3.16. The molecule has 2 heterocycles. The van der Waals surface area contributed by atoms with Crippen molar-refractivity contribution >= 4 is 11.6 Å². The van der Waals surface area contributed by atoms with Crippen molar-refractivity contribution in [2.45, 2.75) is 6.54 Å². The number of nitrogens with zero attached hydrogens (tertiary/aromatic N) is 2. The third-order valence-corrected chi connectivity index (χ3v) is 4.68. The standard InChI is InChI=1S/C21H17ClN4O/c22-17-6-5-16(11-18(17)27)20-19(14-7-9-24-10-8-14)25-21(26-20)15-3-1-13(12-23)2-4-15/h1-11,27H,12,23H2,(H,25,26). The van der Waals surface area contributed by atoms with Crippen LogP contribution in [0.25, 0.3) is 33.9 Å². The molecule has 4 rings (SSSR count). The molecule has 4 aromatic rings. The van der Waals surface area contributed by atoms with Crippen LogP contribution in [0.4, 0.5) is 0 Å².